The van der Waals surface area contributed by atoms with Crippen molar-refractivity contribution in [1.29, 1.82) is 0 Å². The van der Waals surface area contributed by atoms with Crippen molar-refractivity contribution in [2.24, 2.45) is 5.41 Å². The highest BCUT2D eigenvalue weighted by Gasteiger charge is 2.67. The maximum absolute atomic E-state index is 5.94. The van der Waals surface area contributed by atoms with Gasteiger partial charge in [-0.1, -0.05) is 23.7 Å². The van der Waals surface area contributed by atoms with Gasteiger partial charge < -0.3 is 0 Å². The number of hydrogen-bond acceptors (Lipinski definition) is 0. The summed E-state index contributed by atoms with van der Waals surface area (Å²) in [7, 11) is 0. The molecule has 0 N–H and O–H groups in total. The van der Waals surface area contributed by atoms with E-state index in [0.29, 0.717) is 10.8 Å². The van der Waals surface area contributed by atoms with Crippen LogP contribution >= 0.6 is 23.2 Å². The monoisotopic (exact) mass is 226 g/mol. The predicted molar refractivity (Wildman–Crippen MR) is 60.1 cm³/mol. The van der Waals surface area contributed by atoms with Crippen LogP contribution in [0.1, 0.15) is 24.8 Å². The van der Waals surface area contributed by atoms with Crippen LogP contribution in [0.3, 0.4) is 0 Å². The maximum atomic E-state index is 5.94. The molecule has 2 heteroatoms. The minimum atomic E-state index is 0.472. The van der Waals surface area contributed by atoms with E-state index in [4.69, 9.17) is 23.2 Å². The second kappa shape index (κ2) is 2.68. The highest BCUT2D eigenvalue weighted by Crippen LogP contribution is 2.73. The number of rotatable bonds is 2. The lowest BCUT2D eigenvalue weighted by atomic mass is 9.34. The van der Waals surface area contributed by atoms with Crippen LogP contribution < -0.4 is 0 Å². The summed E-state index contributed by atoms with van der Waals surface area (Å²) in [6.45, 7) is 0. The summed E-state index contributed by atoms with van der Waals surface area (Å²) in [6, 6.07) is 8.31. The zero-order valence-electron chi connectivity index (χ0n) is 7.89. The molecule has 4 rings (SSSR count). The first-order chi connectivity index (χ1) is 6.68. The molecule has 0 aliphatic heterocycles. The van der Waals surface area contributed by atoms with E-state index < -0.39 is 0 Å². The highest BCUT2D eigenvalue weighted by molar-refractivity contribution is 6.30. The van der Waals surface area contributed by atoms with Crippen LogP contribution in [0.4, 0.5) is 0 Å². The molecule has 3 fully saturated rings. The molecule has 3 aliphatic carbocycles. The van der Waals surface area contributed by atoms with Gasteiger partial charge in [-0.2, -0.15) is 0 Å². The Morgan fingerprint density at radius 3 is 2.14 bits per heavy atom. The maximum Gasteiger partial charge on any atom is 0.0406 e. The molecule has 0 saturated heterocycles. The van der Waals surface area contributed by atoms with Crippen LogP contribution in [-0.4, -0.2) is 5.88 Å². The highest BCUT2D eigenvalue weighted by atomic mass is 35.5. The van der Waals surface area contributed by atoms with Gasteiger partial charge in [-0.15, -0.1) is 11.6 Å². The Bertz CT molecular complexity index is 347. The Morgan fingerprint density at radius 2 is 1.64 bits per heavy atom. The van der Waals surface area contributed by atoms with Crippen molar-refractivity contribution in [3.05, 3.63) is 34.9 Å². The van der Waals surface area contributed by atoms with E-state index in [1.165, 1.54) is 24.8 Å². The van der Waals surface area contributed by atoms with Crippen LogP contribution in [-0.2, 0) is 5.41 Å². The molecule has 0 heterocycles. The van der Waals surface area contributed by atoms with E-state index in [2.05, 4.69) is 12.1 Å². The van der Waals surface area contributed by atoms with E-state index in [-0.39, 0.29) is 0 Å². The largest absolute Gasteiger partial charge is 0.126 e. The zero-order chi connectivity index (χ0) is 9.81. The van der Waals surface area contributed by atoms with Gasteiger partial charge in [-0.05, 0) is 47.8 Å². The normalized spacial score (nSPS) is 38.7. The van der Waals surface area contributed by atoms with E-state index in [9.17, 15) is 0 Å². The molecular formula is C12H12Cl2. The number of benzene rings is 1. The van der Waals surface area contributed by atoms with Crippen LogP contribution in [0, 0.1) is 5.41 Å². The van der Waals surface area contributed by atoms with Crippen molar-refractivity contribution in [1.82, 2.24) is 0 Å². The molecule has 0 atom stereocenters. The molecule has 1 aromatic carbocycles. The summed E-state index contributed by atoms with van der Waals surface area (Å²) in [5.74, 6) is 0.836. The Kier molecular flexibility index (Phi) is 1.73. The van der Waals surface area contributed by atoms with Crippen molar-refractivity contribution in [2.75, 3.05) is 5.88 Å². The third-order valence-electron chi connectivity index (χ3n) is 3.88. The van der Waals surface area contributed by atoms with Crippen molar-refractivity contribution < 1.29 is 0 Å². The van der Waals surface area contributed by atoms with Crippen LogP contribution in [0.25, 0.3) is 0 Å². The Morgan fingerprint density at radius 1 is 1.07 bits per heavy atom. The standard InChI is InChI=1S/C12H12Cl2/c13-8-11-5-12(6-11,7-11)9-1-3-10(14)4-2-9/h1-4H,5-8H2. The summed E-state index contributed by atoms with van der Waals surface area (Å²) >= 11 is 11.8. The quantitative estimate of drug-likeness (QED) is 0.670. The summed E-state index contributed by atoms with van der Waals surface area (Å²) in [5.41, 5.74) is 2.43. The Labute approximate surface area is 94.2 Å². The number of halogens is 2. The fourth-order valence-corrected chi connectivity index (χ4v) is 3.66. The molecule has 1 aromatic rings. The fraction of sp³-hybridized carbons (Fsp3) is 0.500. The summed E-state index contributed by atoms with van der Waals surface area (Å²) in [5, 5.41) is 0.826. The molecule has 2 bridgehead atoms. The van der Waals surface area contributed by atoms with Gasteiger partial charge in [0.2, 0.25) is 0 Å². The molecule has 0 radical (unpaired) electrons. The molecule has 14 heavy (non-hydrogen) atoms. The SMILES string of the molecule is ClCC12CC(c3ccc(Cl)cc3)(C1)C2. The first-order valence-corrected chi connectivity index (χ1v) is 5.91. The van der Waals surface area contributed by atoms with Gasteiger partial charge in [0, 0.05) is 10.9 Å². The molecule has 0 spiro atoms. The van der Waals surface area contributed by atoms with Gasteiger partial charge in [0.15, 0.2) is 0 Å². The Hall–Kier alpha value is -0.200. The van der Waals surface area contributed by atoms with E-state index in [1.54, 1.807) is 0 Å². The molecule has 0 aromatic heterocycles. The smallest absolute Gasteiger partial charge is 0.0406 e. The van der Waals surface area contributed by atoms with Crippen molar-refractivity contribution in [3.63, 3.8) is 0 Å². The zero-order valence-corrected chi connectivity index (χ0v) is 9.41. The van der Waals surface area contributed by atoms with E-state index >= 15 is 0 Å². The number of alkyl halides is 1. The van der Waals surface area contributed by atoms with Gasteiger partial charge in [0.05, 0.1) is 0 Å². The molecule has 0 nitrogen and oxygen atoms in total. The second-order valence-electron chi connectivity index (χ2n) is 4.95. The Balaban J connectivity index is 1.84. The third kappa shape index (κ3) is 1.02. The van der Waals surface area contributed by atoms with Crippen molar-refractivity contribution in [3.8, 4) is 0 Å². The topological polar surface area (TPSA) is 0 Å². The average molecular weight is 227 g/mol. The predicted octanol–water partition coefficient (Wildman–Crippen LogP) is 4.00. The van der Waals surface area contributed by atoms with Crippen molar-refractivity contribution in [2.45, 2.75) is 24.7 Å². The molecular weight excluding hydrogens is 215 g/mol. The first kappa shape index (κ1) is 9.06. The lowest BCUT2D eigenvalue weighted by Gasteiger charge is -2.71. The summed E-state index contributed by atoms with van der Waals surface area (Å²) in [4.78, 5) is 0. The first-order valence-electron chi connectivity index (χ1n) is 5.00. The summed E-state index contributed by atoms with van der Waals surface area (Å²) in [6.07, 6.45) is 3.85. The van der Waals surface area contributed by atoms with Crippen LogP contribution in [0.5, 0.6) is 0 Å². The minimum absolute atomic E-state index is 0.472. The lowest BCUT2D eigenvalue weighted by molar-refractivity contribution is -0.122. The second-order valence-corrected chi connectivity index (χ2v) is 5.65. The molecule has 74 valence electrons. The van der Waals surface area contributed by atoms with Gasteiger partial charge in [0.25, 0.3) is 0 Å². The van der Waals surface area contributed by atoms with Gasteiger partial charge >= 0.3 is 0 Å². The minimum Gasteiger partial charge on any atom is -0.126 e. The van der Waals surface area contributed by atoms with Crippen molar-refractivity contribution >= 4 is 23.2 Å². The van der Waals surface area contributed by atoms with Crippen LogP contribution in [0.15, 0.2) is 24.3 Å². The average Bonchev–Trinajstić information content (AvgIpc) is 2.04. The van der Waals surface area contributed by atoms with Gasteiger partial charge in [0.1, 0.15) is 0 Å². The van der Waals surface area contributed by atoms with Gasteiger partial charge in [-0.25, -0.2) is 0 Å². The molecule has 0 unspecified atom stereocenters. The number of hydrogen-bond donors (Lipinski definition) is 0. The van der Waals surface area contributed by atoms with E-state index in [1.807, 2.05) is 12.1 Å². The van der Waals surface area contributed by atoms with Crippen LogP contribution in [0.2, 0.25) is 5.02 Å². The molecule has 3 saturated carbocycles. The fourth-order valence-electron chi connectivity index (χ4n) is 3.25. The lowest BCUT2D eigenvalue weighted by Crippen LogP contribution is -2.65. The van der Waals surface area contributed by atoms with E-state index in [0.717, 1.165) is 10.9 Å². The molecule has 0 amide bonds. The molecule has 3 aliphatic rings. The summed E-state index contributed by atoms with van der Waals surface area (Å²) < 4.78 is 0. The van der Waals surface area contributed by atoms with Gasteiger partial charge in [-0.3, -0.25) is 0 Å². The third-order valence-corrected chi connectivity index (χ3v) is 4.70.